The van der Waals surface area contributed by atoms with E-state index in [0.717, 1.165) is 16.7 Å². The van der Waals surface area contributed by atoms with Gasteiger partial charge in [-0.3, -0.25) is 14.6 Å². The number of aliphatic imine (C=N–C) groups is 1. The maximum Gasteiger partial charge on any atom is 0.240 e. The van der Waals surface area contributed by atoms with E-state index in [2.05, 4.69) is 4.99 Å². The van der Waals surface area contributed by atoms with Crippen molar-refractivity contribution in [2.45, 2.75) is 37.8 Å². The Labute approximate surface area is 211 Å². The fourth-order valence-electron chi connectivity index (χ4n) is 4.18. The fraction of sp³-hybridized carbons (Fsp3) is 0.250. The van der Waals surface area contributed by atoms with Crippen molar-refractivity contribution in [2.75, 3.05) is 6.54 Å². The lowest BCUT2D eigenvalue weighted by atomic mass is 9.89. The first-order chi connectivity index (χ1) is 17.4. The Balaban J connectivity index is 1.97. The first-order valence-electron chi connectivity index (χ1n) is 11.9. The zero-order chi connectivity index (χ0) is 25.9. The van der Waals surface area contributed by atoms with Gasteiger partial charge in [-0.2, -0.15) is 0 Å². The first-order valence-corrected chi connectivity index (χ1v) is 11.9. The van der Waals surface area contributed by atoms with Gasteiger partial charge in [-0.15, -0.1) is 0 Å². The topological polar surface area (TPSA) is 148 Å². The highest BCUT2D eigenvalue weighted by molar-refractivity contribution is 5.92. The molecule has 2 amide bonds. The minimum Gasteiger partial charge on any atom is -0.508 e. The predicted octanol–water partition coefficient (Wildman–Crippen LogP) is 2.85. The molecule has 3 rings (SSSR count). The van der Waals surface area contributed by atoms with E-state index in [9.17, 15) is 14.7 Å². The second kappa shape index (κ2) is 12.9. The highest BCUT2D eigenvalue weighted by atomic mass is 16.3. The minimum atomic E-state index is -0.833. The summed E-state index contributed by atoms with van der Waals surface area (Å²) in [5.41, 5.74) is 19.1. The van der Waals surface area contributed by atoms with Gasteiger partial charge in [0.15, 0.2) is 5.96 Å². The van der Waals surface area contributed by atoms with Crippen LogP contribution in [0.1, 0.15) is 41.9 Å². The molecule has 3 aromatic rings. The van der Waals surface area contributed by atoms with Gasteiger partial charge in [0.2, 0.25) is 11.8 Å². The summed E-state index contributed by atoms with van der Waals surface area (Å²) in [7, 11) is 0. The van der Waals surface area contributed by atoms with Crippen LogP contribution in [-0.2, 0) is 16.1 Å². The lowest BCUT2D eigenvalue weighted by molar-refractivity contribution is -0.141. The van der Waals surface area contributed by atoms with Crippen LogP contribution in [0.5, 0.6) is 5.75 Å². The second-order valence-corrected chi connectivity index (χ2v) is 8.61. The van der Waals surface area contributed by atoms with E-state index in [1.165, 1.54) is 0 Å². The number of nitrogens with two attached hydrogens (primary N) is 3. The summed E-state index contributed by atoms with van der Waals surface area (Å²) in [4.78, 5) is 32.5. The summed E-state index contributed by atoms with van der Waals surface area (Å²) in [6.45, 7) is 0.590. The molecule has 1 atom stereocenters. The monoisotopic (exact) mass is 487 g/mol. The highest BCUT2D eigenvalue weighted by Gasteiger charge is 2.34. The molecule has 3 aromatic carbocycles. The van der Waals surface area contributed by atoms with Crippen LogP contribution in [0.3, 0.4) is 0 Å². The Kier molecular flexibility index (Phi) is 9.45. The Morgan fingerprint density at radius 2 is 1.36 bits per heavy atom. The van der Waals surface area contributed by atoms with E-state index in [-0.39, 0.29) is 24.2 Å². The van der Waals surface area contributed by atoms with Crippen LogP contribution < -0.4 is 17.2 Å². The van der Waals surface area contributed by atoms with Crippen molar-refractivity contribution < 1.29 is 14.7 Å². The molecule has 0 unspecified atom stereocenters. The average molecular weight is 488 g/mol. The van der Waals surface area contributed by atoms with Crippen LogP contribution in [0.2, 0.25) is 0 Å². The van der Waals surface area contributed by atoms with Crippen LogP contribution in [0.15, 0.2) is 89.9 Å². The molecule has 0 aliphatic carbocycles. The highest BCUT2D eigenvalue weighted by Crippen LogP contribution is 2.29. The number of hydrogen-bond acceptors (Lipinski definition) is 4. The lowest BCUT2D eigenvalue weighted by Crippen LogP contribution is -2.49. The number of nitrogens with zero attached hydrogens (tertiary/aromatic N) is 2. The molecule has 0 heterocycles. The van der Waals surface area contributed by atoms with Crippen molar-refractivity contribution in [2.24, 2.45) is 22.2 Å². The molecule has 188 valence electrons. The normalized spacial score (nSPS) is 11.6. The Hall–Kier alpha value is -4.33. The molecule has 0 fully saturated rings. The number of amides is 2. The Bertz CT molecular complexity index is 1110. The lowest BCUT2D eigenvalue weighted by Gasteiger charge is -2.33. The smallest absolute Gasteiger partial charge is 0.240 e. The van der Waals surface area contributed by atoms with Gasteiger partial charge in [0.05, 0.1) is 5.92 Å². The van der Waals surface area contributed by atoms with Crippen LogP contribution in [0, 0.1) is 0 Å². The summed E-state index contributed by atoms with van der Waals surface area (Å²) in [6, 6.07) is 24.7. The van der Waals surface area contributed by atoms with Crippen molar-refractivity contribution in [3.8, 4) is 5.75 Å². The van der Waals surface area contributed by atoms with E-state index >= 15 is 0 Å². The second-order valence-electron chi connectivity index (χ2n) is 8.61. The van der Waals surface area contributed by atoms with E-state index < -0.39 is 17.9 Å². The third kappa shape index (κ3) is 7.33. The van der Waals surface area contributed by atoms with Gasteiger partial charge in [-0.05, 0) is 48.1 Å². The zero-order valence-electron chi connectivity index (χ0n) is 20.2. The Morgan fingerprint density at radius 1 is 0.806 bits per heavy atom. The molecular weight excluding hydrogens is 454 g/mol. The first kappa shape index (κ1) is 26.3. The van der Waals surface area contributed by atoms with Crippen molar-refractivity contribution in [1.29, 1.82) is 0 Å². The molecule has 8 nitrogen and oxygen atoms in total. The van der Waals surface area contributed by atoms with E-state index in [1.54, 1.807) is 29.2 Å². The van der Waals surface area contributed by atoms with Crippen LogP contribution in [0.4, 0.5) is 0 Å². The zero-order valence-corrected chi connectivity index (χ0v) is 20.2. The molecular formula is C28H33N5O3. The summed E-state index contributed by atoms with van der Waals surface area (Å²) in [6.07, 6.45) is 1.62. The van der Waals surface area contributed by atoms with Gasteiger partial charge < -0.3 is 27.2 Å². The number of rotatable bonds is 12. The van der Waals surface area contributed by atoms with Gasteiger partial charge in [0.1, 0.15) is 11.8 Å². The SMILES string of the molecule is NC(=O)[C@H](CCCCN=C(N)N)N(Cc1ccc(O)cc1)C(=O)C(c1ccccc1)c1ccccc1. The molecule has 0 saturated carbocycles. The number of primary amides is 1. The van der Waals surface area contributed by atoms with Crippen molar-refractivity contribution in [3.05, 3.63) is 102 Å². The van der Waals surface area contributed by atoms with Crippen molar-refractivity contribution in [1.82, 2.24) is 4.90 Å². The summed E-state index contributed by atoms with van der Waals surface area (Å²) in [5, 5.41) is 9.71. The molecule has 0 aliphatic heterocycles. The quantitative estimate of drug-likeness (QED) is 0.176. The van der Waals surface area contributed by atoms with Gasteiger partial charge in [0, 0.05) is 13.1 Å². The maximum atomic E-state index is 14.3. The maximum absolute atomic E-state index is 14.3. The fourth-order valence-corrected chi connectivity index (χ4v) is 4.18. The third-order valence-electron chi connectivity index (χ3n) is 5.97. The van der Waals surface area contributed by atoms with Gasteiger partial charge >= 0.3 is 0 Å². The predicted molar refractivity (Wildman–Crippen MR) is 141 cm³/mol. The van der Waals surface area contributed by atoms with E-state index in [0.29, 0.717) is 25.8 Å². The summed E-state index contributed by atoms with van der Waals surface area (Å²) >= 11 is 0. The molecule has 0 spiro atoms. The van der Waals surface area contributed by atoms with E-state index in [1.807, 2.05) is 60.7 Å². The van der Waals surface area contributed by atoms with Crippen LogP contribution >= 0.6 is 0 Å². The van der Waals surface area contributed by atoms with Gasteiger partial charge in [-0.25, -0.2) is 0 Å². The van der Waals surface area contributed by atoms with Gasteiger partial charge in [-0.1, -0.05) is 72.8 Å². The molecule has 0 radical (unpaired) electrons. The average Bonchev–Trinajstić information content (AvgIpc) is 2.87. The standard InChI is InChI=1S/C28H33N5O3/c29-26(35)24(13-7-8-18-32-28(30)31)33(19-20-14-16-23(34)17-15-20)27(36)25(21-9-3-1-4-10-21)22-11-5-2-6-12-22/h1-6,9-12,14-17,24-25,34H,7-8,13,18-19H2,(H2,29,35)(H4,30,31,32)/t24-/m0/s1. The Morgan fingerprint density at radius 3 is 1.86 bits per heavy atom. The molecule has 0 aromatic heterocycles. The number of carbonyl (C=O) groups is 2. The number of hydrogen-bond donors (Lipinski definition) is 4. The van der Waals surface area contributed by atoms with Crippen molar-refractivity contribution in [3.63, 3.8) is 0 Å². The minimum absolute atomic E-state index is 0.0131. The molecule has 0 aliphatic rings. The van der Waals surface area contributed by atoms with Crippen molar-refractivity contribution >= 4 is 17.8 Å². The number of guanidine groups is 1. The van der Waals surface area contributed by atoms with Crippen LogP contribution in [-0.4, -0.2) is 40.4 Å². The molecule has 8 heteroatoms. The number of carbonyl (C=O) groups excluding carboxylic acids is 2. The van der Waals surface area contributed by atoms with Gasteiger partial charge in [0.25, 0.3) is 0 Å². The number of phenolic OH excluding ortho intramolecular Hbond substituents is 1. The third-order valence-corrected chi connectivity index (χ3v) is 5.97. The molecule has 0 saturated heterocycles. The summed E-state index contributed by atoms with van der Waals surface area (Å²) in [5.74, 6) is -1.29. The number of phenols is 1. The van der Waals surface area contributed by atoms with Crippen LogP contribution in [0.25, 0.3) is 0 Å². The number of unbranched alkanes of at least 4 members (excludes halogenated alkanes) is 1. The molecule has 7 N–H and O–H groups in total. The molecule has 0 bridgehead atoms. The largest absolute Gasteiger partial charge is 0.508 e. The van der Waals surface area contributed by atoms with E-state index in [4.69, 9.17) is 17.2 Å². The number of benzene rings is 3. The molecule has 36 heavy (non-hydrogen) atoms. The number of aromatic hydroxyl groups is 1. The summed E-state index contributed by atoms with van der Waals surface area (Å²) < 4.78 is 0.